The molecule has 0 spiro atoms. The minimum Gasteiger partial charge on any atom is -0.316 e. The van der Waals surface area contributed by atoms with Crippen molar-refractivity contribution in [2.75, 3.05) is 7.05 Å². The van der Waals surface area contributed by atoms with E-state index in [0.29, 0.717) is 0 Å². The molecule has 2 rings (SSSR count). The van der Waals surface area contributed by atoms with E-state index in [2.05, 4.69) is 34.6 Å². The fraction of sp³-hybridized carbons (Fsp3) is 0.182. The van der Waals surface area contributed by atoms with Crippen LogP contribution < -0.4 is 5.32 Å². The number of nitrogens with zero attached hydrogens (tertiary/aromatic N) is 2. The summed E-state index contributed by atoms with van der Waals surface area (Å²) in [5.74, 6) is 0. The van der Waals surface area contributed by atoms with E-state index in [0.717, 1.165) is 12.2 Å². The lowest BCUT2D eigenvalue weighted by atomic mass is 10.2. The van der Waals surface area contributed by atoms with Gasteiger partial charge in [0.1, 0.15) is 0 Å². The summed E-state index contributed by atoms with van der Waals surface area (Å²) in [4.78, 5) is 4.02. The number of rotatable bonds is 3. The van der Waals surface area contributed by atoms with Gasteiger partial charge >= 0.3 is 0 Å². The van der Waals surface area contributed by atoms with Crippen LogP contribution in [0.2, 0.25) is 0 Å². The Kier molecular flexibility index (Phi) is 6.81. The number of halogens is 2. The second-order valence-electron chi connectivity index (χ2n) is 3.17. The van der Waals surface area contributed by atoms with Crippen molar-refractivity contribution in [1.82, 2.24) is 14.9 Å². The summed E-state index contributed by atoms with van der Waals surface area (Å²) in [7, 11) is 1.95. The Morgan fingerprint density at radius 2 is 2.12 bits per heavy atom. The summed E-state index contributed by atoms with van der Waals surface area (Å²) in [5.41, 5.74) is 2.42. The molecule has 0 amide bonds. The smallest absolute Gasteiger partial charge is 0.0991 e. The predicted octanol–water partition coefficient (Wildman–Crippen LogP) is 2.44. The van der Waals surface area contributed by atoms with Crippen LogP contribution in [0.5, 0.6) is 0 Å². The monoisotopic (exact) mass is 259 g/mol. The van der Waals surface area contributed by atoms with E-state index in [1.54, 1.807) is 12.5 Å². The molecule has 0 aliphatic rings. The minimum absolute atomic E-state index is 0. The lowest BCUT2D eigenvalue weighted by Gasteiger charge is -2.04. The van der Waals surface area contributed by atoms with Crippen LogP contribution in [0, 0.1) is 0 Å². The SMILES string of the molecule is CNCc1cccc(-n2ccnc2)c1.Cl.Cl. The van der Waals surface area contributed by atoms with E-state index in [-0.39, 0.29) is 24.8 Å². The molecular formula is C11H15Cl2N3. The summed E-state index contributed by atoms with van der Waals surface area (Å²) < 4.78 is 2.00. The molecule has 1 heterocycles. The van der Waals surface area contributed by atoms with Crippen molar-refractivity contribution in [2.24, 2.45) is 0 Å². The van der Waals surface area contributed by atoms with E-state index < -0.39 is 0 Å². The zero-order chi connectivity index (χ0) is 9.80. The van der Waals surface area contributed by atoms with Crippen LogP contribution in [0.1, 0.15) is 5.56 Å². The first kappa shape index (κ1) is 15.0. The van der Waals surface area contributed by atoms with Crippen LogP contribution in [-0.4, -0.2) is 16.6 Å². The van der Waals surface area contributed by atoms with Gasteiger partial charge in [-0.3, -0.25) is 0 Å². The largest absolute Gasteiger partial charge is 0.316 e. The van der Waals surface area contributed by atoms with Gasteiger partial charge in [-0.2, -0.15) is 0 Å². The highest BCUT2D eigenvalue weighted by Crippen LogP contribution is 2.09. The normalized spacial score (nSPS) is 9.06. The molecule has 0 aliphatic heterocycles. The molecule has 0 saturated heterocycles. The Hall–Kier alpha value is -1.03. The first-order chi connectivity index (χ1) is 6.90. The molecule has 0 unspecified atom stereocenters. The fourth-order valence-electron chi connectivity index (χ4n) is 1.44. The standard InChI is InChI=1S/C11H13N3.2ClH/c1-12-8-10-3-2-4-11(7-10)14-6-5-13-9-14;;/h2-7,9,12H,8H2,1H3;2*1H. The average Bonchev–Trinajstić information content (AvgIpc) is 2.71. The van der Waals surface area contributed by atoms with Crippen LogP contribution in [0.15, 0.2) is 43.0 Å². The minimum atomic E-state index is 0. The van der Waals surface area contributed by atoms with Gasteiger partial charge in [0.2, 0.25) is 0 Å². The Labute approximate surface area is 108 Å². The number of nitrogens with one attached hydrogen (secondary N) is 1. The summed E-state index contributed by atoms with van der Waals surface area (Å²) in [6, 6.07) is 8.39. The molecule has 0 bridgehead atoms. The molecule has 3 nitrogen and oxygen atoms in total. The Morgan fingerprint density at radius 3 is 2.75 bits per heavy atom. The molecule has 16 heavy (non-hydrogen) atoms. The van der Waals surface area contributed by atoms with Gasteiger partial charge in [0.25, 0.3) is 0 Å². The quantitative estimate of drug-likeness (QED) is 0.918. The number of hydrogen-bond acceptors (Lipinski definition) is 2. The summed E-state index contributed by atoms with van der Waals surface area (Å²) in [6.45, 7) is 0.891. The van der Waals surface area contributed by atoms with E-state index in [9.17, 15) is 0 Å². The lowest BCUT2D eigenvalue weighted by molar-refractivity contribution is 0.816. The summed E-state index contributed by atoms with van der Waals surface area (Å²) in [6.07, 6.45) is 5.53. The number of imidazole rings is 1. The summed E-state index contributed by atoms with van der Waals surface area (Å²) >= 11 is 0. The van der Waals surface area contributed by atoms with Gasteiger partial charge in [-0.1, -0.05) is 12.1 Å². The van der Waals surface area contributed by atoms with Gasteiger partial charge in [-0.05, 0) is 24.7 Å². The molecule has 88 valence electrons. The number of hydrogen-bond donors (Lipinski definition) is 1. The molecule has 1 aromatic carbocycles. The number of benzene rings is 1. The van der Waals surface area contributed by atoms with Crippen molar-refractivity contribution in [1.29, 1.82) is 0 Å². The van der Waals surface area contributed by atoms with Crippen molar-refractivity contribution < 1.29 is 0 Å². The maximum Gasteiger partial charge on any atom is 0.0991 e. The second kappa shape index (κ2) is 7.28. The van der Waals surface area contributed by atoms with Crippen molar-refractivity contribution in [3.8, 4) is 5.69 Å². The Bertz CT molecular complexity index is 401. The molecule has 1 aromatic heterocycles. The molecular weight excluding hydrogens is 245 g/mol. The summed E-state index contributed by atoms with van der Waals surface area (Å²) in [5, 5.41) is 3.13. The highest BCUT2D eigenvalue weighted by Gasteiger charge is 1.96. The van der Waals surface area contributed by atoms with Crippen LogP contribution in [-0.2, 0) is 6.54 Å². The predicted molar refractivity (Wildman–Crippen MR) is 70.8 cm³/mol. The van der Waals surface area contributed by atoms with Gasteiger partial charge in [0.15, 0.2) is 0 Å². The molecule has 0 aliphatic carbocycles. The van der Waals surface area contributed by atoms with Gasteiger partial charge < -0.3 is 9.88 Å². The maximum atomic E-state index is 4.02. The van der Waals surface area contributed by atoms with E-state index in [1.165, 1.54) is 5.56 Å². The van der Waals surface area contributed by atoms with Gasteiger partial charge in [0, 0.05) is 24.6 Å². The van der Waals surface area contributed by atoms with Gasteiger partial charge in [-0.15, -0.1) is 24.8 Å². The second-order valence-corrected chi connectivity index (χ2v) is 3.17. The first-order valence-electron chi connectivity index (χ1n) is 4.62. The molecule has 0 fully saturated rings. The Morgan fingerprint density at radius 1 is 1.31 bits per heavy atom. The third kappa shape index (κ3) is 3.52. The van der Waals surface area contributed by atoms with Crippen LogP contribution in [0.3, 0.4) is 0 Å². The molecule has 2 aromatic rings. The van der Waals surface area contributed by atoms with Crippen molar-refractivity contribution in [3.05, 3.63) is 48.5 Å². The fourth-order valence-corrected chi connectivity index (χ4v) is 1.44. The third-order valence-electron chi connectivity index (χ3n) is 2.09. The molecule has 1 N–H and O–H groups in total. The highest BCUT2D eigenvalue weighted by molar-refractivity contribution is 5.85. The van der Waals surface area contributed by atoms with Gasteiger partial charge in [0.05, 0.1) is 6.33 Å². The zero-order valence-electron chi connectivity index (χ0n) is 8.96. The van der Waals surface area contributed by atoms with E-state index in [4.69, 9.17) is 0 Å². The first-order valence-corrected chi connectivity index (χ1v) is 4.62. The lowest BCUT2D eigenvalue weighted by Crippen LogP contribution is -2.05. The van der Waals surface area contributed by atoms with Crippen molar-refractivity contribution >= 4 is 24.8 Å². The highest BCUT2D eigenvalue weighted by atomic mass is 35.5. The van der Waals surface area contributed by atoms with Crippen LogP contribution in [0.4, 0.5) is 0 Å². The molecule has 5 heteroatoms. The van der Waals surface area contributed by atoms with Crippen molar-refractivity contribution in [2.45, 2.75) is 6.54 Å². The van der Waals surface area contributed by atoms with Crippen LogP contribution in [0.25, 0.3) is 5.69 Å². The third-order valence-corrected chi connectivity index (χ3v) is 2.09. The average molecular weight is 260 g/mol. The molecule has 0 radical (unpaired) electrons. The van der Waals surface area contributed by atoms with Crippen LogP contribution >= 0.6 is 24.8 Å². The molecule has 0 saturated carbocycles. The topological polar surface area (TPSA) is 29.9 Å². The number of aromatic nitrogens is 2. The van der Waals surface area contributed by atoms with E-state index >= 15 is 0 Å². The van der Waals surface area contributed by atoms with Crippen molar-refractivity contribution in [3.63, 3.8) is 0 Å². The Balaban J connectivity index is 0.00000112. The molecule has 0 atom stereocenters. The van der Waals surface area contributed by atoms with Gasteiger partial charge in [-0.25, -0.2) is 4.98 Å². The maximum absolute atomic E-state index is 4.02. The van der Waals surface area contributed by atoms with E-state index in [1.807, 2.05) is 17.8 Å². The zero-order valence-corrected chi connectivity index (χ0v) is 10.6.